The number of alkyl halides is 6. The van der Waals surface area contributed by atoms with E-state index in [0.29, 0.717) is 5.56 Å². The Labute approximate surface area is 298 Å². The number of amides is 2. The number of carbonyl (C=O) groups is 2. The molecule has 1 N–H and O–H groups in total. The van der Waals surface area contributed by atoms with E-state index in [1.165, 1.54) is 76.9 Å². The van der Waals surface area contributed by atoms with Crippen molar-refractivity contribution in [3.63, 3.8) is 0 Å². The van der Waals surface area contributed by atoms with Gasteiger partial charge in [0.1, 0.15) is 22.8 Å². The average Bonchev–Trinajstić information content (AvgIpc) is 3.41. The van der Waals surface area contributed by atoms with Crippen LogP contribution in [-0.4, -0.2) is 72.1 Å². The van der Waals surface area contributed by atoms with Gasteiger partial charge in [-0.05, 0) is 48.4 Å². The summed E-state index contributed by atoms with van der Waals surface area (Å²) in [6, 6.07) is 11.3. The van der Waals surface area contributed by atoms with Crippen molar-refractivity contribution in [1.29, 1.82) is 0 Å². The fourth-order valence-corrected chi connectivity index (χ4v) is 7.02. The fourth-order valence-electron chi connectivity index (χ4n) is 5.91. The minimum absolute atomic E-state index is 0.145. The van der Waals surface area contributed by atoms with E-state index in [1.54, 1.807) is 6.07 Å². The number of halogens is 6. The molecule has 12 nitrogen and oxygen atoms in total. The Balaban J connectivity index is 1.45. The number of fused-ring (bicyclic) bond motifs is 2. The van der Waals surface area contributed by atoms with Crippen LogP contribution in [0.4, 0.5) is 32.0 Å². The normalized spacial score (nSPS) is 13.8. The number of aromatic nitrogens is 1. The van der Waals surface area contributed by atoms with Crippen LogP contribution in [0.15, 0.2) is 54.7 Å². The summed E-state index contributed by atoms with van der Waals surface area (Å²) < 4.78 is 134. The van der Waals surface area contributed by atoms with E-state index in [-0.39, 0.29) is 44.8 Å². The molecule has 2 amide bonds. The van der Waals surface area contributed by atoms with Crippen molar-refractivity contribution in [3.8, 4) is 23.0 Å². The summed E-state index contributed by atoms with van der Waals surface area (Å²) in [5, 5.41) is -0.179. The first-order chi connectivity index (χ1) is 24.9. The highest BCUT2D eigenvalue weighted by Gasteiger charge is 2.40. The molecule has 19 heteroatoms. The van der Waals surface area contributed by atoms with Crippen molar-refractivity contribution in [3.05, 3.63) is 82.5 Å². The third-order valence-electron chi connectivity index (χ3n) is 7.97. The molecule has 1 aliphatic heterocycles. The van der Waals surface area contributed by atoms with E-state index in [1.807, 2.05) is 4.72 Å². The Bertz CT molecular complexity index is 2140. The molecule has 1 atom stereocenters. The van der Waals surface area contributed by atoms with E-state index in [9.17, 15) is 44.3 Å². The molecule has 0 bridgehead atoms. The minimum Gasteiger partial charge on any atom is -0.496 e. The zero-order chi connectivity index (χ0) is 38.9. The molecule has 0 fully saturated rings. The lowest BCUT2D eigenvalue weighted by atomic mass is 10.0. The number of anilines is 1. The lowest BCUT2D eigenvalue weighted by molar-refractivity contribution is -0.154. The molecule has 0 saturated heterocycles. The van der Waals surface area contributed by atoms with Gasteiger partial charge in [0.05, 0.1) is 37.6 Å². The van der Waals surface area contributed by atoms with Crippen molar-refractivity contribution in [2.75, 3.05) is 39.4 Å². The molecule has 0 spiro atoms. The van der Waals surface area contributed by atoms with Gasteiger partial charge in [0.25, 0.3) is 11.8 Å². The Morgan fingerprint density at radius 3 is 2.11 bits per heavy atom. The predicted molar refractivity (Wildman–Crippen MR) is 177 cm³/mol. The molecule has 5 rings (SSSR count). The first-order valence-electron chi connectivity index (χ1n) is 15.4. The molecule has 284 valence electrons. The summed E-state index contributed by atoms with van der Waals surface area (Å²) in [6.07, 6.45) is -9.89. The number of aryl methyl sites for hydroxylation is 1. The van der Waals surface area contributed by atoms with Crippen LogP contribution in [0.25, 0.3) is 10.9 Å². The zero-order valence-electron chi connectivity index (χ0n) is 28.3. The maximum atomic E-state index is 13.9. The van der Waals surface area contributed by atoms with Crippen LogP contribution in [0.3, 0.4) is 0 Å². The van der Waals surface area contributed by atoms with Crippen LogP contribution < -0.4 is 28.6 Å². The summed E-state index contributed by atoms with van der Waals surface area (Å²) in [5.74, 6) is -3.25. The van der Waals surface area contributed by atoms with Gasteiger partial charge in [-0.2, -0.15) is 26.3 Å². The number of ether oxygens (including phenoxy) is 5. The third kappa shape index (κ3) is 8.51. The topological polar surface area (TPSA) is 143 Å². The highest BCUT2D eigenvalue weighted by molar-refractivity contribution is 7.89. The molecule has 2 heterocycles. The molecular weight excluding hydrogens is 740 g/mol. The minimum atomic E-state index is -4.83. The summed E-state index contributed by atoms with van der Waals surface area (Å²) in [7, 11) is -0.486. The van der Waals surface area contributed by atoms with Gasteiger partial charge in [0.15, 0.2) is 25.1 Å². The molecular formula is C34H31F6N3O9S. The van der Waals surface area contributed by atoms with Crippen molar-refractivity contribution >= 4 is 38.4 Å². The monoisotopic (exact) mass is 771 g/mol. The molecule has 1 aromatic heterocycles. The Kier molecular flexibility index (Phi) is 11.0. The maximum absolute atomic E-state index is 13.9. The van der Waals surface area contributed by atoms with Crippen molar-refractivity contribution < 1.29 is 68.0 Å². The molecule has 3 aromatic carbocycles. The number of hydrogen-bond donors (Lipinski definition) is 1. The number of methoxy groups -OCH3 is 3. The second-order valence-corrected chi connectivity index (χ2v) is 13.4. The number of nitrogens with one attached hydrogen (secondary N) is 1. The molecule has 4 aromatic rings. The van der Waals surface area contributed by atoms with Crippen LogP contribution in [0.1, 0.15) is 38.7 Å². The first-order valence-corrected chi connectivity index (χ1v) is 17.0. The molecule has 0 radical (unpaired) electrons. The fraction of sp³-hybridized carbons (Fsp3) is 0.324. The second-order valence-electron chi connectivity index (χ2n) is 11.6. The first kappa shape index (κ1) is 38.9. The summed E-state index contributed by atoms with van der Waals surface area (Å²) in [4.78, 5) is 32.2. The van der Waals surface area contributed by atoms with Crippen LogP contribution in [0, 0.1) is 6.92 Å². The van der Waals surface area contributed by atoms with Gasteiger partial charge in [-0.3, -0.25) is 19.3 Å². The number of hydrogen-bond acceptors (Lipinski definition) is 10. The van der Waals surface area contributed by atoms with Crippen LogP contribution >= 0.6 is 0 Å². The van der Waals surface area contributed by atoms with Gasteiger partial charge in [0.2, 0.25) is 10.0 Å². The summed E-state index contributed by atoms with van der Waals surface area (Å²) in [6.45, 7) is -2.53. The molecule has 0 saturated carbocycles. The Hall–Kier alpha value is -5.30. The lowest BCUT2D eigenvalue weighted by Crippen LogP contribution is -2.36. The smallest absolute Gasteiger partial charge is 0.422 e. The number of sulfonamides is 1. The molecule has 1 unspecified atom stereocenters. The van der Waals surface area contributed by atoms with Gasteiger partial charge in [0, 0.05) is 29.9 Å². The Morgan fingerprint density at radius 1 is 0.925 bits per heavy atom. The van der Waals surface area contributed by atoms with E-state index in [4.69, 9.17) is 23.7 Å². The number of benzene rings is 3. The van der Waals surface area contributed by atoms with Gasteiger partial charge >= 0.3 is 12.4 Å². The second kappa shape index (κ2) is 15.0. The largest absolute Gasteiger partial charge is 0.496 e. The van der Waals surface area contributed by atoms with Crippen molar-refractivity contribution in [2.24, 2.45) is 0 Å². The van der Waals surface area contributed by atoms with Gasteiger partial charge in [-0.25, -0.2) is 8.42 Å². The highest BCUT2D eigenvalue weighted by Crippen LogP contribution is 2.46. The van der Waals surface area contributed by atoms with E-state index >= 15 is 0 Å². The van der Waals surface area contributed by atoms with E-state index in [2.05, 4.69) is 4.98 Å². The van der Waals surface area contributed by atoms with Crippen molar-refractivity contribution in [1.82, 2.24) is 9.71 Å². The van der Waals surface area contributed by atoms with Gasteiger partial charge < -0.3 is 28.6 Å². The number of rotatable bonds is 13. The third-order valence-corrected chi connectivity index (χ3v) is 9.20. The van der Waals surface area contributed by atoms with Crippen molar-refractivity contribution in [2.45, 2.75) is 37.7 Å². The molecule has 1 aliphatic rings. The van der Waals surface area contributed by atoms with Crippen LogP contribution in [0.5, 0.6) is 23.0 Å². The quantitative estimate of drug-likeness (QED) is 0.163. The van der Waals surface area contributed by atoms with Crippen LogP contribution in [-0.2, 0) is 31.9 Å². The zero-order valence-corrected chi connectivity index (χ0v) is 29.2. The standard InChI is InChI=1S/C34H31F6N3O9S/c1-18-13-19(15-53(46,47)42-31(44)30(50-4)26-23(48-2)8-5-9-24(26)49-3)10-11-22(18)43-14-21-25(32(43)45)28(51-16-33(35,36)37)20-7-6-12-41-27(20)29(21)52-17-34(38,39)40/h5-13,30H,14-17H2,1-4H3,(H,42,44). The van der Waals surface area contributed by atoms with E-state index < -0.39 is 82.9 Å². The van der Waals surface area contributed by atoms with E-state index in [0.717, 1.165) is 4.90 Å². The highest BCUT2D eigenvalue weighted by atomic mass is 32.2. The number of carbonyl (C=O) groups excluding carboxylic acids is 2. The molecule has 0 aliphatic carbocycles. The lowest BCUT2D eigenvalue weighted by Gasteiger charge is -2.21. The SMILES string of the molecule is COc1cccc(OC)c1C(OC)C(=O)NS(=O)(=O)Cc1ccc(N2Cc3c(c(OCC(F)(F)F)c4cccnc4c3OCC(F)(F)F)C2=O)c(C)c1. The summed E-state index contributed by atoms with van der Waals surface area (Å²) in [5.41, 5.74) is -0.112. The number of pyridine rings is 1. The molecule has 53 heavy (non-hydrogen) atoms. The maximum Gasteiger partial charge on any atom is 0.422 e. The van der Waals surface area contributed by atoms with Gasteiger partial charge in [-0.1, -0.05) is 18.2 Å². The summed E-state index contributed by atoms with van der Waals surface area (Å²) >= 11 is 0. The average molecular weight is 772 g/mol. The Morgan fingerprint density at radius 2 is 1.55 bits per heavy atom. The van der Waals surface area contributed by atoms with Gasteiger partial charge in [-0.15, -0.1) is 0 Å². The van der Waals surface area contributed by atoms with Crippen LogP contribution in [0.2, 0.25) is 0 Å². The number of nitrogens with zero attached hydrogens (tertiary/aromatic N) is 2. The predicted octanol–water partition coefficient (Wildman–Crippen LogP) is 5.94.